The third kappa shape index (κ3) is 7.30. The Morgan fingerprint density at radius 2 is 1.74 bits per heavy atom. The number of carbonyl (C=O) groups is 2. The van der Waals surface area contributed by atoms with Crippen molar-refractivity contribution in [3.8, 4) is 0 Å². The SMILES string of the molecule is COCCN(CCCc1ccccc1)C(=O)CNC(=O)c1ccccc1I. The van der Waals surface area contributed by atoms with Crippen LogP contribution in [0.1, 0.15) is 22.3 Å². The lowest BCUT2D eigenvalue weighted by atomic mass is 10.1. The fourth-order valence-corrected chi connectivity index (χ4v) is 3.32. The molecule has 2 aromatic carbocycles. The van der Waals surface area contributed by atoms with Gasteiger partial charge in [0.1, 0.15) is 0 Å². The summed E-state index contributed by atoms with van der Waals surface area (Å²) in [5.41, 5.74) is 1.84. The van der Waals surface area contributed by atoms with Gasteiger partial charge in [-0.15, -0.1) is 0 Å². The van der Waals surface area contributed by atoms with Gasteiger partial charge in [-0.3, -0.25) is 9.59 Å². The smallest absolute Gasteiger partial charge is 0.252 e. The lowest BCUT2D eigenvalue weighted by Crippen LogP contribution is -2.42. The number of aryl methyl sites for hydroxylation is 1. The molecule has 0 aliphatic heterocycles. The molecule has 144 valence electrons. The van der Waals surface area contributed by atoms with Crippen molar-refractivity contribution in [2.75, 3.05) is 33.4 Å². The second kappa shape index (κ2) is 11.7. The van der Waals surface area contributed by atoms with Gasteiger partial charge in [-0.2, -0.15) is 0 Å². The number of hydrogen-bond acceptors (Lipinski definition) is 3. The molecule has 2 amide bonds. The Kier molecular flexibility index (Phi) is 9.27. The predicted octanol–water partition coefficient (Wildman–Crippen LogP) is 3.13. The van der Waals surface area contributed by atoms with Gasteiger partial charge in [0.05, 0.1) is 18.7 Å². The lowest BCUT2D eigenvalue weighted by molar-refractivity contribution is -0.130. The van der Waals surface area contributed by atoms with Gasteiger partial charge in [0.2, 0.25) is 5.91 Å². The molecule has 27 heavy (non-hydrogen) atoms. The standard InChI is InChI=1S/C21H25IN2O3/c1-27-15-14-24(13-7-10-17-8-3-2-4-9-17)20(25)16-23-21(26)18-11-5-6-12-19(18)22/h2-6,8-9,11-12H,7,10,13-16H2,1H3,(H,23,26). The summed E-state index contributed by atoms with van der Waals surface area (Å²) in [5, 5.41) is 2.73. The van der Waals surface area contributed by atoms with E-state index in [1.165, 1.54) is 5.56 Å². The van der Waals surface area contributed by atoms with Crippen LogP contribution in [0.5, 0.6) is 0 Å². The second-order valence-electron chi connectivity index (χ2n) is 6.13. The highest BCUT2D eigenvalue weighted by atomic mass is 127. The normalized spacial score (nSPS) is 10.4. The van der Waals surface area contributed by atoms with Crippen molar-refractivity contribution in [2.24, 2.45) is 0 Å². The summed E-state index contributed by atoms with van der Waals surface area (Å²) in [5.74, 6) is -0.330. The molecular formula is C21H25IN2O3. The maximum absolute atomic E-state index is 12.6. The molecule has 0 atom stereocenters. The zero-order chi connectivity index (χ0) is 19.5. The van der Waals surface area contributed by atoms with Crippen molar-refractivity contribution in [2.45, 2.75) is 12.8 Å². The molecule has 0 aliphatic carbocycles. The minimum Gasteiger partial charge on any atom is -0.383 e. The van der Waals surface area contributed by atoms with Gasteiger partial charge in [0, 0.05) is 23.8 Å². The molecule has 0 unspecified atom stereocenters. The third-order valence-corrected chi connectivity index (χ3v) is 5.11. The minimum atomic E-state index is -0.232. The van der Waals surface area contributed by atoms with E-state index in [0.29, 0.717) is 25.3 Å². The van der Waals surface area contributed by atoms with E-state index in [1.807, 2.05) is 36.4 Å². The van der Waals surface area contributed by atoms with Crippen LogP contribution < -0.4 is 5.32 Å². The molecule has 0 heterocycles. The summed E-state index contributed by atoms with van der Waals surface area (Å²) >= 11 is 2.12. The van der Waals surface area contributed by atoms with E-state index in [0.717, 1.165) is 16.4 Å². The first-order valence-corrected chi connectivity index (χ1v) is 10.0. The van der Waals surface area contributed by atoms with Crippen molar-refractivity contribution >= 4 is 34.4 Å². The molecule has 2 rings (SSSR count). The lowest BCUT2D eigenvalue weighted by Gasteiger charge is -2.22. The number of ether oxygens (including phenoxy) is 1. The first-order chi connectivity index (χ1) is 13.1. The summed E-state index contributed by atoms with van der Waals surface area (Å²) in [4.78, 5) is 26.6. The van der Waals surface area contributed by atoms with Crippen LogP contribution in [0, 0.1) is 3.57 Å². The Morgan fingerprint density at radius 1 is 1.04 bits per heavy atom. The molecule has 1 N–H and O–H groups in total. The fraction of sp³-hybridized carbons (Fsp3) is 0.333. The Morgan fingerprint density at radius 3 is 2.44 bits per heavy atom. The third-order valence-electron chi connectivity index (χ3n) is 4.17. The van der Waals surface area contributed by atoms with Gasteiger partial charge in [-0.1, -0.05) is 42.5 Å². The van der Waals surface area contributed by atoms with Gasteiger partial charge < -0.3 is 15.0 Å². The van der Waals surface area contributed by atoms with E-state index in [4.69, 9.17) is 4.74 Å². The number of nitrogens with one attached hydrogen (secondary N) is 1. The summed E-state index contributed by atoms with van der Waals surface area (Å²) in [6, 6.07) is 17.5. The van der Waals surface area contributed by atoms with E-state index >= 15 is 0 Å². The maximum atomic E-state index is 12.6. The van der Waals surface area contributed by atoms with Crippen LogP contribution >= 0.6 is 22.6 Å². The molecule has 2 aromatic rings. The van der Waals surface area contributed by atoms with Crippen LogP contribution in [-0.4, -0.2) is 50.1 Å². The Bertz CT molecular complexity index is 737. The van der Waals surface area contributed by atoms with Crippen LogP contribution in [0.15, 0.2) is 54.6 Å². The van der Waals surface area contributed by atoms with Crippen LogP contribution in [0.2, 0.25) is 0 Å². The minimum absolute atomic E-state index is 0.0150. The molecule has 0 fully saturated rings. The van der Waals surface area contributed by atoms with Gasteiger partial charge in [-0.25, -0.2) is 0 Å². The van der Waals surface area contributed by atoms with Crippen LogP contribution in [0.4, 0.5) is 0 Å². The van der Waals surface area contributed by atoms with E-state index in [-0.39, 0.29) is 18.4 Å². The summed E-state index contributed by atoms with van der Waals surface area (Å²) < 4.78 is 5.98. The number of methoxy groups -OCH3 is 1. The zero-order valence-electron chi connectivity index (χ0n) is 15.5. The van der Waals surface area contributed by atoms with Crippen molar-refractivity contribution in [1.29, 1.82) is 0 Å². The first-order valence-electron chi connectivity index (χ1n) is 8.95. The molecule has 0 spiro atoms. The molecule has 5 nitrogen and oxygen atoms in total. The topological polar surface area (TPSA) is 58.6 Å². The largest absolute Gasteiger partial charge is 0.383 e. The van der Waals surface area contributed by atoms with Crippen LogP contribution in [0.25, 0.3) is 0 Å². The molecule has 0 radical (unpaired) electrons. The highest BCUT2D eigenvalue weighted by molar-refractivity contribution is 14.1. The number of carbonyl (C=O) groups excluding carboxylic acids is 2. The second-order valence-corrected chi connectivity index (χ2v) is 7.29. The average molecular weight is 480 g/mol. The zero-order valence-corrected chi connectivity index (χ0v) is 17.6. The summed E-state index contributed by atoms with van der Waals surface area (Å²) in [6.45, 7) is 1.61. The molecule has 0 aliphatic rings. The van der Waals surface area contributed by atoms with E-state index in [9.17, 15) is 9.59 Å². The van der Waals surface area contributed by atoms with Crippen molar-refractivity contribution in [3.63, 3.8) is 0 Å². The molecule has 0 saturated carbocycles. The highest BCUT2D eigenvalue weighted by Crippen LogP contribution is 2.11. The molecule has 0 aromatic heterocycles. The van der Waals surface area contributed by atoms with Gasteiger partial charge in [-0.05, 0) is 53.1 Å². The van der Waals surface area contributed by atoms with Crippen molar-refractivity contribution < 1.29 is 14.3 Å². The number of hydrogen-bond donors (Lipinski definition) is 1. The Balaban J connectivity index is 1.85. The summed E-state index contributed by atoms with van der Waals surface area (Å²) in [6.07, 6.45) is 1.77. The monoisotopic (exact) mass is 480 g/mol. The molecule has 0 saturated heterocycles. The van der Waals surface area contributed by atoms with Gasteiger partial charge in [0.15, 0.2) is 0 Å². The molecule has 0 bridgehead atoms. The molecule has 6 heteroatoms. The number of benzene rings is 2. The van der Waals surface area contributed by atoms with Crippen LogP contribution in [-0.2, 0) is 16.0 Å². The number of halogens is 1. The Hall–Kier alpha value is -1.93. The number of rotatable bonds is 10. The summed E-state index contributed by atoms with van der Waals surface area (Å²) in [7, 11) is 1.62. The van der Waals surface area contributed by atoms with E-state index in [2.05, 4.69) is 40.0 Å². The Labute approximate surface area is 174 Å². The molecular weight excluding hydrogens is 455 g/mol. The van der Waals surface area contributed by atoms with Gasteiger partial charge >= 0.3 is 0 Å². The predicted molar refractivity (Wildman–Crippen MR) is 115 cm³/mol. The number of amides is 2. The highest BCUT2D eigenvalue weighted by Gasteiger charge is 2.16. The van der Waals surface area contributed by atoms with E-state index in [1.54, 1.807) is 18.1 Å². The maximum Gasteiger partial charge on any atom is 0.252 e. The van der Waals surface area contributed by atoms with E-state index < -0.39 is 0 Å². The quantitative estimate of drug-likeness (QED) is 0.532. The fourth-order valence-electron chi connectivity index (χ4n) is 2.69. The first kappa shape index (κ1) is 21.4. The van der Waals surface area contributed by atoms with Crippen molar-refractivity contribution in [3.05, 3.63) is 69.3 Å². The average Bonchev–Trinajstić information content (AvgIpc) is 2.69. The van der Waals surface area contributed by atoms with Crippen LogP contribution in [0.3, 0.4) is 0 Å². The van der Waals surface area contributed by atoms with Crippen molar-refractivity contribution in [1.82, 2.24) is 10.2 Å². The van der Waals surface area contributed by atoms with Gasteiger partial charge in [0.25, 0.3) is 5.91 Å². The number of nitrogens with zero attached hydrogens (tertiary/aromatic N) is 1.